The average Bonchev–Trinajstić information content (AvgIpc) is 3.37. The average molecular weight is 361 g/mol. The Hall–Kier alpha value is -3.61. The van der Waals surface area contributed by atoms with E-state index in [1.165, 1.54) is 0 Å². The maximum absolute atomic E-state index is 5.42. The molecule has 0 bridgehead atoms. The smallest absolute Gasteiger partial charge is 0.229 e. The molecule has 4 rings (SSSR count). The Bertz CT molecular complexity index is 1010. The number of nitrogens with one attached hydrogen (secondary N) is 1. The monoisotopic (exact) mass is 361 g/mol. The molecule has 1 N–H and O–H groups in total. The summed E-state index contributed by atoms with van der Waals surface area (Å²) in [4.78, 5) is 15.3. The summed E-state index contributed by atoms with van der Waals surface area (Å²) in [6.07, 6.45) is 6.66. The number of furan rings is 1. The van der Waals surface area contributed by atoms with Crippen molar-refractivity contribution < 1.29 is 8.83 Å². The van der Waals surface area contributed by atoms with Gasteiger partial charge in [0, 0.05) is 30.1 Å². The van der Waals surface area contributed by atoms with Gasteiger partial charge in [-0.2, -0.15) is 4.98 Å². The van der Waals surface area contributed by atoms with Gasteiger partial charge < -0.3 is 19.1 Å². The van der Waals surface area contributed by atoms with E-state index in [0.29, 0.717) is 18.4 Å². The van der Waals surface area contributed by atoms with Gasteiger partial charge in [-0.1, -0.05) is 6.07 Å². The Labute approximate surface area is 156 Å². The van der Waals surface area contributed by atoms with Crippen LogP contribution in [0.1, 0.15) is 11.3 Å². The Morgan fingerprint density at radius 1 is 1.07 bits per heavy atom. The second-order valence-electron chi connectivity index (χ2n) is 6.18. The molecule has 0 radical (unpaired) electrons. The molecular formula is C20H19N5O2. The van der Waals surface area contributed by atoms with E-state index in [0.717, 1.165) is 28.4 Å². The lowest BCUT2D eigenvalue weighted by Gasteiger charge is -2.19. The van der Waals surface area contributed by atoms with Gasteiger partial charge in [0.05, 0.1) is 19.0 Å². The maximum Gasteiger partial charge on any atom is 0.229 e. The van der Waals surface area contributed by atoms with Crippen LogP contribution in [0.5, 0.6) is 0 Å². The highest BCUT2D eigenvalue weighted by molar-refractivity contribution is 5.64. The molecule has 0 saturated carbocycles. The molecule has 27 heavy (non-hydrogen) atoms. The Balaban J connectivity index is 1.55. The number of anilines is 3. The lowest BCUT2D eigenvalue weighted by atomic mass is 10.2. The van der Waals surface area contributed by atoms with Crippen LogP contribution >= 0.6 is 0 Å². The predicted octanol–water partition coefficient (Wildman–Crippen LogP) is 4.41. The first-order valence-corrected chi connectivity index (χ1v) is 8.53. The van der Waals surface area contributed by atoms with Crippen molar-refractivity contribution in [2.24, 2.45) is 0 Å². The second-order valence-corrected chi connectivity index (χ2v) is 6.18. The lowest BCUT2D eigenvalue weighted by molar-refractivity contribution is 0.507. The van der Waals surface area contributed by atoms with Crippen LogP contribution in [0.25, 0.3) is 11.5 Å². The molecule has 0 atom stereocenters. The largest absolute Gasteiger partial charge is 0.467 e. The zero-order valence-corrected chi connectivity index (χ0v) is 15.1. The third-order valence-corrected chi connectivity index (χ3v) is 4.08. The van der Waals surface area contributed by atoms with E-state index in [1.54, 1.807) is 24.9 Å². The minimum Gasteiger partial charge on any atom is -0.467 e. The summed E-state index contributed by atoms with van der Waals surface area (Å²) >= 11 is 0. The van der Waals surface area contributed by atoms with Crippen molar-refractivity contribution in [2.75, 3.05) is 17.3 Å². The Morgan fingerprint density at radius 3 is 2.78 bits per heavy atom. The first kappa shape index (κ1) is 16.8. The number of hydrogen-bond acceptors (Lipinski definition) is 7. The van der Waals surface area contributed by atoms with E-state index in [4.69, 9.17) is 8.83 Å². The molecule has 0 aliphatic heterocycles. The third kappa shape index (κ3) is 3.82. The fourth-order valence-corrected chi connectivity index (χ4v) is 2.82. The first-order chi connectivity index (χ1) is 13.2. The van der Waals surface area contributed by atoms with Gasteiger partial charge in [0.15, 0.2) is 0 Å². The number of hydrogen-bond donors (Lipinski definition) is 1. The summed E-state index contributed by atoms with van der Waals surface area (Å²) in [5, 5.41) is 3.25. The number of oxazole rings is 1. The molecule has 7 heteroatoms. The molecule has 7 nitrogen and oxygen atoms in total. The number of rotatable bonds is 6. The lowest BCUT2D eigenvalue weighted by Crippen LogP contribution is -2.19. The number of aryl methyl sites for hydroxylation is 1. The van der Waals surface area contributed by atoms with Gasteiger partial charge >= 0.3 is 0 Å². The van der Waals surface area contributed by atoms with Gasteiger partial charge in [-0.3, -0.25) is 0 Å². The summed E-state index contributed by atoms with van der Waals surface area (Å²) in [5.41, 5.74) is 2.73. The Kier molecular flexibility index (Phi) is 4.57. The second kappa shape index (κ2) is 7.33. The molecule has 0 aliphatic rings. The first-order valence-electron chi connectivity index (χ1n) is 8.53. The molecule has 0 aliphatic carbocycles. The van der Waals surface area contributed by atoms with Crippen molar-refractivity contribution in [3.63, 3.8) is 0 Å². The highest BCUT2D eigenvalue weighted by Gasteiger charge is 2.11. The molecule has 3 heterocycles. The number of nitrogens with zero attached hydrogens (tertiary/aromatic N) is 4. The van der Waals surface area contributed by atoms with Crippen LogP contribution in [0, 0.1) is 6.92 Å². The molecule has 1 aromatic carbocycles. The SMILES string of the molecule is Cc1cnc(Nc2cccc(-c3ncco3)c2)nc1N(C)Cc1ccco1. The zero-order chi connectivity index (χ0) is 18.6. The molecule has 4 aromatic rings. The van der Waals surface area contributed by atoms with Crippen LogP contribution in [0.4, 0.5) is 17.5 Å². The summed E-state index contributed by atoms with van der Waals surface area (Å²) in [7, 11) is 1.98. The van der Waals surface area contributed by atoms with E-state index < -0.39 is 0 Å². The normalized spacial score (nSPS) is 10.7. The van der Waals surface area contributed by atoms with Crippen LogP contribution in [-0.4, -0.2) is 22.0 Å². The minimum atomic E-state index is 0.520. The number of benzene rings is 1. The summed E-state index contributed by atoms with van der Waals surface area (Å²) in [6, 6.07) is 11.6. The topological polar surface area (TPSA) is 80.2 Å². The van der Waals surface area contributed by atoms with Crippen LogP contribution in [0.15, 0.2) is 70.2 Å². The highest BCUT2D eigenvalue weighted by atomic mass is 16.3. The van der Waals surface area contributed by atoms with E-state index >= 15 is 0 Å². The fraction of sp³-hybridized carbons (Fsp3) is 0.150. The highest BCUT2D eigenvalue weighted by Crippen LogP contribution is 2.24. The molecule has 136 valence electrons. The van der Waals surface area contributed by atoms with Gasteiger partial charge in [0.1, 0.15) is 17.8 Å². The van der Waals surface area contributed by atoms with Gasteiger partial charge in [-0.05, 0) is 37.3 Å². The van der Waals surface area contributed by atoms with Gasteiger partial charge in [-0.25, -0.2) is 9.97 Å². The van der Waals surface area contributed by atoms with Gasteiger partial charge in [-0.15, -0.1) is 0 Å². The Morgan fingerprint density at radius 2 is 2.00 bits per heavy atom. The quantitative estimate of drug-likeness (QED) is 0.545. The molecular weight excluding hydrogens is 342 g/mol. The minimum absolute atomic E-state index is 0.520. The predicted molar refractivity (Wildman–Crippen MR) is 103 cm³/mol. The van der Waals surface area contributed by atoms with Crippen molar-refractivity contribution in [1.29, 1.82) is 0 Å². The van der Waals surface area contributed by atoms with E-state index in [1.807, 2.05) is 55.3 Å². The third-order valence-electron chi connectivity index (χ3n) is 4.08. The molecule has 3 aromatic heterocycles. The summed E-state index contributed by atoms with van der Waals surface area (Å²) < 4.78 is 10.8. The standard InChI is InChI=1S/C20H19N5O2/c1-14-12-22-20(24-18(14)25(2)13-17-7-4-9-26-17)23-16-6-3-5-15(11-16)19-21-8-10-27-19/h3-12H,13H2,1-2H3,(H,22,23,24). The molecule has 0 saturated heterocycles. The maximum atomic E-state index is 5.42. The van der Waals surface area contributed by atoms with Crippen molar-refractivity contribution in [2.45, 2.75) is 13.5 Å². The molecule has 0 spiro atoms. The molecule has 0 amide bonds. The van der Waals surface area contributed by atoms with Crippen molar-refractivity contribution in [3.05, 3.63) is 72.6 Å². The van der Waals surface area contributed by atoms with Crippen molar-refractivity contribution in [3.8, 4) is 11.5 Å². The van der Waals surface area contributed by atoms with Crippen LogP contribution in [0.2, 0.25) is 0 Å². The van der Waals surface area contributed by atoms with E-state index in [9.17, 15) is 0 Å². The van der Waals surface area contributed by atoms with E-state index in [2.05, 4.69) is 20.3 Å². The van der Waals surface area contributed by atoms with Gasteiger partial charge in [0.2, 0.25) is 11.8 Å². The summed E-state index contributed by atoms with van der Waals surface area (Å²) in [6.45, 7) is 2.62. The number of aromatic nitrogens is 3. The van der Waals surface area contributed by atoms with Crippen molar-refractivity contribution in [1.82, 2.24) is 15.0 Å². The summed E-state index contributed by atoms with van der Waals surface area (Å²) in [5.74, 6) is 2.81. The van der Waals surface area contributed by atoms with Crippen molar-refractivity contribution >= 4 is 17.5 Å². The van der Waals surface area contributed by atoms with Crippen LogP contribution < -0.4 is 10.2 Å². The molecule has 0 unspecified atom stereocenters. The van der Waals surface area contributed by atoms with Crippen LogP contribution in [0.3, 0.4) is 0 Å². The zero-order valence-electron chi connectivity index (χ0n) is 15.1. The molecule has 0 fully saturated rings. The van der Waals surface area contributed by atoms with Gasteiger partial charge in [0.25, 0.3) is 0 Å². The fourth-order valence-electron chi connectivity index (χ4n) is 2.82. The van der Waals surface area contributed by atoms with E-state index in [-0.39, 0.29) is 0 Å². The van der Waals surface area contributed by atoms with Crippen LogP contribution in [-0.2, 0) is 6.54 Å².